The first-order chi connectivity index (χ1) is 4.96. The fourth-order valence-corrected chi connectivity index (χ4v) is 1.69. The van der Waals surface area contributed by atoms with Crippen LogP contribution >= 0.6 is 0 Å². The van der Waals surface area contributed by atoms with E-state index in [1.807, 2.05) is 13.8 Å². The zero-order valence-electron chi connectivity index (χ0n) is 7.56. The van der Waals surface area contributed by atoms with Crippen molar-refractivity contribution in [3.63, 3.8) is 0 Å². The predicted molar refractivity (Wildman–Crippen MR) is 46.3 cm³/mol. The molecule has 0 bridgehead atoms. The predicted octanol–water partition coefficient (Wildman–Crippen LogP) is 1.42. The molecule has 1 aliphatic rings. The molecule has 2 heteroatoms. The number of nitrogens with two attached hydrogens (primary N) is 1. The third-order valence-electron chi connectivity index (χ3n) is 3.09. The Morgan fingerprint density at radius 1 is 1.09 bits per heavy atom. The standard InChI is InChI=1S/C9H19NO/c1-8(10)6-4-3-5-7-9(8,2)11/h11H,3-7,10H2,1-2H3. The summed E-state index contributed by atoms with van der Waals surface area (Å²) in [4.78, 5) is 0. The van der Waals surface area contributed by atoms with Crippen molar-refractivity contribution in [1.82, 2.24) is 0 Å². The summed E-state index contributed by atoms with van der Waals surface area (Å²) in [7, 11) is 0. The summed E-state index contributed by atoms with van der Waals surface area (Å²) in [6.45, 7) is 3.82. The van der Waals surface area contributed by atoms with Gasteiger partial charge >= 0.3 is 0 Å². The lowest BCUT2D eigenvalue weighted by molar-refractivity contribution is -0.0173. The van der Waals surface area contributed by atoms with Crippen LogP contribution in [0.2, 0.25) is 0 Å². The van der Waals surface area contributed by atoms with Crippen molar-refractivity contribution in [2.75, 3.05) is 0 Å². The molecule has 11 heavy (non-hydrogen) atoms. The van der Waals surface area contributed by atoms with Gasteiger partial charge in [0, 0.05) is 5.54 Å². The molecule has 0 aromatic carbocycles. The third-order valence-corrected chi connectivity index (χ3v) is 3.09. The molecule has 2 unspecified atom stereocenters. The summed E-state index contributed by atoms with van der Waals surface area (Å²) in [6.07, 6.45) is 5.27. The van der Waals surface area contributed by atoms with Gasteiger partial charge in [-0.25, -0.2) is 0 Å². The van der Waals surface area contributed by atoms with Crippen molar-refractivity contribution in [1.29, 1.82) is 0 Å². The molecule has 66 valence electrons. The van der Waals surface area contributed by atoms with Gasteiger partial charge in [0.2, 0.25) is 0 Å². The highest BCUT2D eigenvalue weighted by Crippen LogP contribution is 2.33. The van der Waals surface area contributed by atoms with Gasteiger partial charge in [-0.15, -0.1) is 0 Å². The lowest BCUT2D eigenvalue weighted by atomic mass is 9.80. The van der Waals surface area contributed by atoms with Gasteiger partial charge in [-0.2, -0.15) is 0 Å². The molecule has 1 fully saturated rings. The van der Waals surface area contributed by atoms with Crippen molar-refractivity contribution in [2.45, 2.75) is 57.1 Å². The Hall–Kier alpha value is -0.0800. The van der Waals surface area contributed by atoms with E-state index < -0.39 is 5.60 Å². The minimum Gasteiger partial charge on any atom is -0.388 e. The van der Waals surface area contributed by atoms with Crippen molar-refractivity contribution in [3.8, 4) is 0 Å². The van der Waals surface area contributed by atoms with Crippen LogP contribution in [0.25, 0.3) is 0 Å². The highest BCUT2D eigenvalue weighted by Gasteiger charge is 2.40. The third kappa shape index (κ3) is 1.74. The molecule has 3 N–H and O–H groups in total. The quantitative estimate of drug-likeness (QED) is 0.522. The molecule has 0 saturated heterocycles. The molecule has 2 atom stereocenters. The molecule has 0 spiro atoms. The normalized spacial score (nSPS) is 46.9. The Labute approximate surface area is 68.8 Å². The zero-order valence-corrected chi connectivity index (χ0v) is 7.56. The van der Waals surface area contributed by atoms with Crippen LogP contribution in [0, 0.1) is 0 Å². The van der Waals surface area contributed by atoms with Crippen LogP contribution in [0.5, 0.6) is 0 Å². The van der Waals surface area contributed by atoms with Gasteiger partial charge in [0.15, 0.2) is 0 Å². The van der Waals surface area contributed by atoms with Gasteiger partial charge in [-0.1, -0.05) is 19.3 Å². The second kappa shape index (κ2) is 2.76. The molecular weight excluding hydrogens is 138 g/mol. The minimum absolute atomic E-state index is 0.385. The van der Waals surface area contributed by atoms with Crippen LogP contribution in [0.1, 0.15) is 46.0 Å². The van der Waals surface area contributed by atoms with E-state index >= 15 is 0 Å². The van der Waals surface area contributed by atoms with Crippen LogP contribution in [-0.2, 0) is 0 Å². The molecule has 0 amide bonds. The van der Waals surface area contributed by atoms with Crippen molar-refractivity contribution < 1.29 is 5.11 Å². The highest BCUT2D eigenvalue weighted by atomic mass is 16.3. The first-order valence-corrected chi connectivity index (χ1v) is 4.47. The van der Waals surface area contributed by atoms with Gasteiger partial charge in [0.25, 0.3) is 0 Å². The van der Waals surface area contributed by atoms with Crippen LogP contribution in [0.4, 0.5) is 0 Å². The molecule has 0 aromatic rings. The van der Waals surface area contributed by atoms with Gasteiger partial charge < -0.3 is 10.8 Å². The Balaban J connectivity index is 2.72. The maximum Gasteiger partial charge on any atom is 0.0795 e. The lowest BCUT2D eigenvalue weighted by Crippen LogP contribution is -2.55. The number of aliphatic hydroxyl groups is 1. The summed E-state index contributed by atoms with van der Waals surface area (Å²) in [6, 6.07) is 0. The molecule has 1 rings (SSSR count). The molecular formula is C9H19NO. The van der Waals surface area contributed by atoms with E-state index in [0.717, 1.165) is 25.7 Å². The number of rotatable bonds is 0. The van der Waals surface area contributed by atoms with E-state index in [0.29, 0.717) is 0 Å². The summed E-state index contributed by atoms with van der Waals surface area (Å²) in [5, 5.41) is 9.96. The van der Waals surface area contributed by atoms with E-state index in [-0.39, 0.29) is 5.54 Å². The Bertz CT molecular complexity index is 124. The summed E-state index contributed by atoms with van der Waals surface area (Å²) in [5.74, 6) is 0. The monoisotopic (exact) mass is 157 g/mol. The van der Waals surface area contributed by atoms with E-state index in [9.17, 15) is 5.11 Å². The second-order valence-corrected chi connectivity index (χ2v) is 4.25. The van der Waals surface area contributed by atoms with E-state index in [4.69, 9.17) is 5.73 Å². The van der Waals surface area contributed by atoms with Crippen LogP contribution in [0.15, 0.2) is 0 Å². The smallest absolute Gasteiger partial charge is 0.0795 e. The summed E-state index contributed by atoms with van der Waals surface area (Å²) < 4.78 is 0. The molecule has 2 nitrogen and oxygen atoms in total. The zero-order chi connectivity index (χ0) is 8.54. The molecule has 1 saturated carbocycles. The molecule has 0 radical (unpaired) electrons. The maximum atomic E-state index is 9.96. The number of hydrogen-bond donors (Lipinski definition) is 2. The first-order valence-electron chi connectivity index (χ1n) is 4.47. The average Bonchev–Trinajstić information content (AvgIpc) is 1.94. The Morgan fingerprint density at radius 3 is 2.27 bits per heavy atom. The van der Waals surface area contributed by atoms with E-state index in [1.165, 1.54) is 6.42 Å². The van der Waals surface area contributed by atoms with E-state index in [1.54, 1.807) is 0 Å². The maximum absolute atomic E-state index is 9.96. The van der Waals surface area contributed by atoms with Crippen molar-refractivity contribution in [2.24, 2.45) is 5.73 Å². The molecule has 0 aromatic heterocycles. The second-order valence-electron chi connectivity index (χ2n) is 4.25. The Kier molecular flexibility index (Phi) is 2.26. The minimum atomic E-state index is -0.663. The molecule has 0 heterocycles. The van der Waals surface area contributed by atoms with Crippen LogP contribution in [-0.4, -0.2) is 16.2 Å². The van der Waals surface area contributed by atoms with Gasteiger partial charge in [-0.05, 0) is 26.7 Å². The first kappa shape index (κ1) is 9.01. The van der Waals surface area contributed by atoms with Gasteiger partial charge in [0.05, 0.1) is 5.60 Å². The molecule has 1 aliphatic carbocycles. The lowest BCUT2D eigenvalue weighted by Gasteiger charge is -2.38. The highest BCUT2D eigenvalue weighted by molar-refractivity contribution is 4.98. The largest absolute Gasteiger partial charge is 0.388 e. The topological polar surface area (TPSA) is 46.2 Å². The Morgan fingerprint density at radius 2 is 1.64 bits per heavy atom. The average molecular weight is 157 g/mol. The summed E-state index contributed by atoms with van der Waals surface area (Å²) >= 11 is 0. The fourth-order valence-electron chi connectivity index (χ4n) is 1.69. The van der Waals surface area contributed by atoms with Crippen LogP contribution < -0.4 is 5.73 Å². The van der Waals surface area contributed by atoms with Gasteiger partial charge in [-0.3, -0.25) is 0 Å². The van der Waals surface area contributed by atoms with Gasteiger partial charge in [0.1, 0.15) is 0 Å². The van der Waals surface area contributed by atoms with Crippen molar-refractivity contribution >= 4 is 0 Å². The van der Waals surface area contributed by atoms with E-state index in [2.05, 4.69) is 0 Å². The fraction of sp³-hybridized carbons (Fsp3) is 1.00. The summed E-state index contributed by atoms with van der Waals surface area (Å²) in [5.41, 5.74) is 4.96. The van der Waals surface area contributed by atoms with Crippen molar-refractivity contribution in [3.05, 3.63) is 0 Å². The van der Waals surface area contributed by atoms with Crippen LogP contribution in [0.3, 0.4) is 0 Å². The molecule has 0 aliphatic heterocycles. The SMILES string of the molecule is CC1(N)CCCCCC1(C)O. The number of hydrogen-bond acceptors (Lipinski definition) is 2.